The molecule has 1 aliphatic heterocycles. The van der Waals surface area contributed by atoms with Gasteiger partial charge in [-0.2, -0.15) is 0 Å². The molecular weight excluding hydrogens is 340 g/mol. The lowest BCUT2D eigenvalue weighted by Gasteiger charge is -2.19. The molecule has 1 saturated heterocycles. The minimum absolute atomic E-state index is 0.00328. The van der Waals surface area contributed by atoms with Gasteiger partial charge in [-0.3, -0.25) is 9.20 Å². The number of carbonyl (C=O) groups is 1. The van der Waals surface area contributed by atoms with Gasteiger partial charge >= 0.3 is 0 Å². The van der Waals surface area contributed by atoms with Gasteiger partial charge in [0.2, 0.25) is 0 Å². The van der Waals surface area contributed by atoms with Crippen molar-refractivity contribution in [3.05, 3.63) is 42.6 Å². The van der Waals surface area contributed by atoms with Gasteiger partial charge in [-0.1, -0.05) is 6.07 Å². The Labute approximate surface area is 159 Å². The molecule has 4 heterocycles. The lowest BCUT2D eigenvalue weighted by Crippen LogP contribution is -2.34. The van der Waals surface area contributed by atoms with E-state index in [1.54, 1.807) is 0 Å². The summed E-state index contributed by atoms with van der Waals surface area (Å²) in [5, 5.41) is 0. The molecule has 0 aliphatic carbocycles. The van der Waals surface area contributed by atoms with E-state index in [9.17, 15) is 4.79 Å². The van der Waals surface area contributed by atoms with Crippen molar-refractivity contribution in [2.75, 3.05) is 33.2 Å². The fraction of sp³-hybridized carbons (Fsp3) is 0.450. The van der Waals surface area contributed by atoms with Gasteiger partial charge in [-0.05, 0) is 46.0 Å². The molecule has 0 unspecified atom stereocenters. The minimum Gasteiger partial charge on any atom is -0.336 e. The highest BCUT2D eigenvalue weighted by atomic mass is 16.2. The number of amides is 1. The first kappa shape index (κ1) is 17.7. The summed E-state index contributed by atoms with van der Waals surface area (Å²) in [6.45, 7) is 7.64. The lowest BCUT2D eigenvalue weighted by atomic mass is 10.3. The van der Waals surface area contributed by atoms with Gasteiger partial charge in [-0.25, -0.2) is 9.97 Å². The molecule has 0 saturated carbocycles. The van der Waals surface area contributed by atoms with Gasteiger partial charge in [0.05, 0.1) is 11.8 Å². The fourth-order valence-electron chi connectivity index (χ4n) is 3.51. The van der Waals surface area contributed by atoms with E-state index in [0.717, 1.165) is 43.8 Å². The van der Waals surface area contributed by atoms with Crippen LogP contribution in [-0.2, 0) is 0 Å². The second-order valence-corrected chi connectivity index (χ2v) is 7.49. The number of aromatic nitrogens is 4. The number of carbonyl (C=O) groups excluding carboxylic acids is 1. The quantitative estimate of drug-likeness (QED) is 0.715. The number of fused-ring (bicyclic) bond motifs is 1. The van der Waals surface area contributed by atoms with Crippen LogP contribution >= 0.6 is 0 Å². The summed E-state index contributed by atoms with van der Waals surface area (Å²) in [7, 11) is 2.10. The molecule has 27 heavy (non-hydrogen) atoms. The van der Waals surface area contributed by atoms with Crippen LogP contribution in [0.2, 0.25) is 0 Å². The van der Waals surface area contributed by atoms with Crippen LogP contribution in [0.3, 0.4) is 0 Å². The third-order valence-corrected chi connectivity index (χ3v) is 5.18. The molecule has 0 spiro atoms. The number of nitrogens with zero attached hydrogens (tertiary/aromatic N) is 6. The molecule has 1 fully saturated rings. The summed E-state index contributed by atoms with van der Waals surface area (Å²) in [4.78, 5) is 26.7. The number of hydrogen-bond acceptors (Lipinski definition) is 4. The number of hydrogen-bond donors (Lipinski definition) is 0. The van der Waals surface area contributed by atoms with Crippen molar-refractivity contribution in [1.29, 1.82) is 0 Å². The van der Waals surface area contributed by atoms with E-state index in [0.29, 0.717) is 17.6 Å². The molecule has 0 atom stereocenters. The van der Waals surface area contributed by atoms with Crippen LogP contribution in [0.4, 0.5) is 0 Å². The molecule has 1 amide bonds. The molecule has 1 aliphatic rings. The topological polar surface area (TPSA) is 58.7 Å². The molecule has 0 bridgehead atoms. The zero-order chi connectivity index (χ0) is 19.0. The Hall–Kier alpha value is -2.67. The van der Waals surface area contributed by atoms with E-state index in [2.05, 4.69) is 30.8 Å². The smallest absolute Gasteiger partial charge is 0.274 e. The zero-order valence-corrected chi connectivity index (χ0v) is 16.2. The Morgan fingerprint density at radius 3 is 2.78 bits per heavy atom. The first-order chi connectivity index (χ1) is 13.0. The average Bonchev–Trinajstić information content (AvgIpc) is 3.23. The minimum atomic E-state index is 0.00328. The van der Waals surface area contributed by atoms with Crippen molar-refractivity contribution in [3.8, 4) is 11.5 Å². The van der Waals surface area contributed by atoms with E-state index in [-0.39, 0.29) is 5.91 Å². The highest BCUT2D eigenvalue weighted by Gasteiger charge is 2.25. The first-order valence-electron chi connectivity index (χ1n) is 9.53. The Morgan fingerprint density at radius 2 is 2.00 bits per heavy atom. The summed E-state index contributed by atoms with van der Waals surface area (Å²) >= 11 is 0. The highest BCUT2D eigenvalue weighted by Crippen LogP contribution is 2.23. The molecule has 4 rings (SSSR count). The maximum Gasteiger partial charge on any atom is 0.274 e. The van der Waals surface area contributed by atoms with Crippen LogP contribution in [0.5, 0.6) is 0 Å². The average molecular weight is 366 g/mol. The third-order valence-electron chi connectivity index (χ3n) is 5.18. The summed E-state index contributed by atoms with van der Waals surface area (Å²) in [5.41, 5.74) is 2.11. The van der Waals surface area contributed by atoms with Crippen molar-refractivity contribution in [1.82, 2.24) is 28.7 Å². The van der Waals surface area contributed by atoms with Crippen LogP contribution < -0.4 is 0 Å². The van der Waals surface area contributed by atoms with E-state index >= 15 is 0 Å². The highest BCUT2D eigenvalue weighted by molar-refractivity contribution is 6.00. The van der Waals surface area contributed by atoms with Crippen molar-refractivity contribution in [2.45, 2.75) is 26.3 Å². The van der Waals surface area contributed by atoms with Gasteiger partial charge in [0.25, 0.3) is 5.91 Å². The maximum absolute atomic E-state index is 13.2. The number of likely N-dealkylation sites (N-methyl/N-ethyl adjacent to an activating group) is 1. The summed E-state index contributed by atoms with van der Waals surface area (Å²) in [6, 6.07) is 6.17. The van der Waals surface area contributed by atoms with Gasteiger partial charge < -0.3 is 14.4 Å². The van der Waals surface area contributed by atoms with Gasteiger partial charge in [0.15, 0.2) is 11.5 Å². The second kappa shape index (κ2) is 7.15. The molecular formula is C20H26N6O. The largest absolute Gasteiger partial charge is 0.336 e. The van der Waals surface area contributed by atoms with Crippen LogP contribution in [0.25, 0.3) is 17.0 Å². The summed E-state index contributed by atoms with van der Waals surface area (Å²) in [6.07, 6.45) is 6.73. The van der Waals surface area contributed by atoms with Crippen LogP contribution in [0.1, 0.15) is 36.8 Å². The molecule has 3 aromatic rings. The van der Waals surface area contributed by atoms with Crippen LogP contribution in [0, 0.1) is 0 Å². The standard InChI is InChI=1S/C20H26N6O/c1-15(2)25-13-16(21-14-25)19-22-18(17-7-4-5-10-26(17)19)20(27)24-9-6-8-23(3)11-12-24/h4-5,7,10,13-15H,6,8-9,11-12H2,1-3H3. The summed E-state index contributed by atoms with van der Waals surface area (Å²) in [5.74, 6) is 0.712. The maximum atomic E-state index is 13.2. The Balaban J connectivity index is 1.74. The summed E-state index contributed by atoms with van der Waals surface area (Å²) < 4.78 is 4.01. The lowest BCUT2D eigenvalue weighted by molar-refractivity contribution is 0.0759. The SMILES string of the molecule is CC(C)n1cnc(-c2nc(C(=O)N3CCCN(C)CC3)c3ccccn23)c1. The number of pyridine rings is 1. The predicted octanol–water partition coefficient (Wildman–Crippen LogP) is 2.56. The second-order valence-electron chi connectivity index (χ2n) is 7.49. The normalized spacial score (nSPS) is 16.2. The van der Waals surface area contributed by atoms with Gasteiger partial charge in [0.1, 0.15) is 5.69 Å². The van der Waals surface area contributed by atoms with E-state index in [1.165, 1.54) is 0 Å². The zero-order valence-electron chi connectivity index (χ0n) is 16.2. The molecule has 142 valence electrons. The van der Waals surface area contributed by atoms with E-state index < -0.39 is 0 Å². The van der Waals surface area contributed by atoms with Crippen LogP contribution in [-0.4, -0.2) is 67.9 Å². The van der Waals surface area contributed by atoms with Gasteiger partial charge in [0, 0.05) is 38.1 Å². The van der Waals surface area contributed by atoms with E-state index in [4.69, 9.17) is 4.98 Å². The Bertz CT molecular complexity index is 956. The molecule has 0 N–H and O–H groups in total. The fourth-order valence-corrected chi connectivity index (χ4v) is 3.51. The van der Waals surface area contributed by atoms with E-state index in [1.807, 2.05) is 50.8 Å². The van der Waals surface area contributed by atoms with Gasteiger partial charge in [-0.15, -0.1) is 0 Å². The number of imidazole rings is 2. The Morgan fingerprint density at radius 1 is 1.15 bits per heavy atom. The monoisotopic (exact) mass is 366 g/mol. The first-order valence-corrected chi connectivity index (χ1v) is 9.53. The van der Waals surface area contributed by atoms with Crippen LogP contribution in [0.15, 0.2) is 36.9 Å². The number of rotatable bonds is 3. The van der Waals surface area contributed by atoms with Crippen molar-refractivity contribution >= 4 is 11.4 Å². The predicted molar refractivity (Wildman–Crippen MR) is 105 cm³/mol. The third kappa shape index (κ3) is 3.35. The molecule has 3 aromatic heterocycles. The molecule has 7 heteroatoms. The molecule has 7 nitrogen and oxygen atoms in total. The van der Waals surface area contributed by atoms with Crippen molar-refractivity contribution < 1.29 is 4.79 Å². The van der Waals surface area contributed by atoms with Crippen molar-refractivity contribution in [2.24, 2.45) is 0 Å². The molecule has 0 aromatic carbocycles. The molecule has 0 radical (unpaired) electrons. The Kier molecular flexibility index (Phi) is 4.70. The van der Waals surface area contributed by atoms with Crippen molar-refractivity contribution in [3.63, 3.8) is 0 Å².